The number of fused-ring (bicyclic) bond motifs is 1. The van der Waals surface area contributed by atoms with Crippen LogP contribution >= 0.6 is 0 Å². The molecule has 0 aromatic carbocycles. The molecule has 3 aliphatic rings. The molecule has 0 aromatic heterocycles. The van der Waals surface area contributed by atoms with E-state index < -0.39 is 11.7 Å². The van der Waals surface area contributed by atoms with Crippen molar-refractivity contribution in [3.8, 4) is 0 Å². The lowest BCUT2D eigenvalue weighted by Gasteiger charge is -2.44. The smallest absolute Gasteiger partial charge is 0.0616 e. The van der Waals surface area contributed by atoms with E-state index in [2.05, 4.69) is 32.6 Å². The summed E-state index contributed by atoms with van der Waals surface area (Å²) in [5.74, 6) is 1.72. The molecule has 6 atom stereocenters. The van der Waals surface area contributed by atoms with Crippen LogP contribution in [-0.2, 0) is 0 Å². The summed E-state index contributed by atoms with van der Waals surface area (Å²) < 4.78 is 0. The maximum atomic E-state index is 10.5. The first-order valence-electron chi connectivity index (χ1n) is 12.2. The van der Waals surface area contributed by atoms with E-state index in [1.165, 1.54) is 43.3 Å². The van der Waals surface area contributed by atoms with Crippen LogP contribution in [0.3, 0.4) is 0 Å². The monoisotopic (exact) mass is 416 g/mol. The van der Waals surface area contributed by atoms with E-state index in [1.54, 1.807) is 19.4 Å². The second kappa shape index (κ2) is 9.30. The molecule has 3 fully saturated rings. The van der Waals surface area contributed by atoms with Gasteiger partial charge in [0.1, 0.15) is 0 Å². The summed E-state index contributed by atoms with van der Waals surface area (Å²) in [5.41, 5.74) is 3.49. The Morgan fingerprint density at radius 2 is 1.93 bits per heavy atom. The highest BCUT2D eigenvalue weighted by molar-refractivity contribution is 5.36. The van der Waals surface area contributed by atoms with Crippen molar-refractivity contribution in [1.29, 1.82) is 0 Å². The minimum absolute atomic E-state index is 0.219. The van der Waals surface area contributed by atoms with Gasteiger partial charge in [0.15, 0.2) is 0 Å². The molecule has 3 N–H and O–H groups in total. The van der Waals surface area contributed by atoms with Crippen LogP contribution in [0.25, 0.3) is 0 Å². The van der Waals surface area contributed by atoms with Crippen molar-refractivity contribution in [2.45, 2.75) is 110 Å². The Kier molecular flexibility index (Phi) is 7.37. The molecular formula is C27H44O3. The highest BCUT2D eigenvalue weighted by atomic mass is 16.3. The summed E-state index contributed by atoms with van der Waals surface area (Å²) in [7, 11) is 0. The summed E-state index contributed by atoms with van der Waals surface area (Å²) in [6.45, 7) is 12.6. The topological polar surface area (TPSA) is 60.7 Å². The molecule has 4 unspecified atom stereocenters. The third kappa shape index (κ3) is 5.47. The first-order chi connectivity index (χ1) is 14.0. The molecule has 3 saturated carbocycles. The molecule has 0 amide bonds. The molecule has 3 aliphatic carbocycles. The molecule has 0 aromatic rings. The van der Waals surface area contributed by atoms with Gasteiger partial charge in [-0.1, -0.05) is 43.7 Å². The van der Waals surface area contributed by atoms with Gasteiger partial charge in [-0.05, 0) is 100 Å². The van der Waals surface area contributed by atoms with Gasteiger partial charge in [-0.3, -0.25) is 0 Å². The molecule has 3 heteroatoms. The minimum Gasteiger partial charge on any atom is -0.393 e. The maximum Gasteiger partial charge on any atom is 0.0616 e. The second-order valence-electron chi connectivity index (χ2n) is 11.4. The quantitative estimate of drug-likeness (QED) is 0.520. The van der Waals surface area contributed by atoms with Gasteiger partial charge in [-0.25, -0.2) is 0 Å². The minimum atomic E-state index is -0.813. The fourth-order valence-electron chi connectivity index (χ4n) is 6.86. The molecular weight excluding hydrogens is 372 g/mol. The highest BCUT2D eigenvalue weighted by Gasteiger charge is 2.50. The first-order valence-corrected chi connectivity index (χ1v) is 12.2. The molecule has 0 heterocycles. The molecule has 170 valence electrons. The molecule has 3 nitrogen and oxygen atoms in total. The van der Waals surface area contributed by atoms with Crippen LogP contribution < -0.4 is 0 Å². The maximum absolute atomic E-state index is 10.5. The Bertz CT molecular complexity index is 683. The van der Waals surface area contributed by atoms with Crippen LogP contribution in [-0.4, -0.2) is 33.1 Å². The van der Waals surface area contributed by atoms with Gasteiger partial charge in [0.2, 0.25) is 0 Å². The van der Waals surface area contributed by atoms with Gasteiger partial charge >= 0.3 is 0 Å². The van der Waals surface area contributed by atoms with Crippen molar-refractivity contribution < 1.29 is 15.3 Å². The van der Waals surface area contributed by atoms with E-state index in [0.717, 1.165) is 25.7 Å². The zero-order chi connectivity index (χ0) is 22.1. The lowest BCUT2D eigenvalue weighted by molar-refractivity contribution is 0.000134. The van der Waals surface area contributed by atoms with Gasteiger partial charge in [0.05, 0.1) is 17.8 Å². The number of aliphatic hydroxyl groups is 3. The lowest BCUT2D eigenvalue weighted by Crippen LogP contribution is -2.37. The van der Waals surface area contributed by atoms with Gasteiger partial charge < -0.3 is 15.3 Å². The van der Waals surface area contributed by atoms with Crippen molar-refractivity contribution in [2.75, 3.05) is 0 Å². The average molecular weight is 417 g/mol. The second-order valence-corrected chi connectivity index (χ2v) is 11.4. The van der Waals surface area contributed by atoms with Crippen LogP contribution in [0.15, 0.2) is 35.5 Å². The molecule has 0 saturated heterocycles. The van der Waals surface area contributed by atoms with E-state index >= 15 is 0 Å². The number of hydrogen-bond donors (Lipinski definition) is 3. The van der Waals surface area contributed by atoms with Crippen LogP contribution in [0.5, 0.6) is 0 Å². The van der Waals surface area contributed by atoms with Gasteiger partial charge in [0, 0.05) is 6.42 Å². The van der Waals surface area contributed by atoms with Crippen molar-refractivity contribution in [1.82, 2.24) is 0 Å². The van der Waals surface area contributed by atoms with Gasteiger partial charge in [0.25, 0.3) is 0 Å². The number of hydrogen-bond acceptors (Lipinski definition) is 3. The molecule has 0 radical (unpaired) electrons. The van der Waals surface area contributed by atoms with E-state index in [4.69, 9.17) is 0 Å². The Labute approximate surface area is 184 Å². The zero-order valence-corrected chi connectivity index (χ0v) is 19.7. The van der Waals surface area contributed by atoms with Crippen LogP contribution in [0.2, 0.25) is 0 Å². The molecule has 0 bridgehead atoms. The fraction of sp³-hybridized carbons (Fsp3) is 0.778. The number of rotatable bonds is 6. The summed E-state index contributed by atoms with van der Waals surface area (Å²) in [5, 5.41) is 30.6. The standard InChI is InChI=1S/C27H44O3/c1-18-8-11-22(28)16-21(18)10-9-20-7-6-14-27(5)24(12-13-25(20)27)19(2)15-23(29)17-26(3,4)30/h9-10,19,22-25,28-30H,1,6-8,11-17H2,2-5H3/b20-9+,21-10-/t19?,22-,23?,24+,25?,27?/m0/s1. The van der Waals surface area contributed by atoms with E-state index in [0.29, 0.717) is 29.6 Å². The van der Waals surface area contributed by atoms with Gasteiger partial charge in [-0.15, -0.1) is 0 Å². The largest absolute Gasteiger partial charge is 0.393 e. The third-order valence-electron chi connectivity index (χ3n) is 8.29. The lowest BCUT2D eigenvalue weighted by atomic mass is 9.60. The highest BCUT2D eigenvalue weighted by Crippen LogP contribution is 2.60. The molecule has 0 spiro atoms. The summed E-state index contributed by atoms with van der Waals surface area (Å²) in [6, 6.07) is 0. The molecule has 0 aliphatic heterocycles. The summed E-state index contributed by atoms with van der Waals surface area (Å²) in [4.78, 5) is 0. The Morgan fingerprint density at radius 1 is 1.20 bits per heavy atom. The van der Waals surface area contributed by atoms with E-state index in [-0.39, 0.29) is 6.10 Å². The van der Waals surface area contributed by atoms with Crippen LogP contribution in [0, 0.1) is 23.2 Å². The van der Waals surface area contributed by atoms with Crippen molar-refractivity contribution in [3.63, 3.8) is 0 Å². The van der Waals surface area contributed by atoms with E-state index in [9.17, 15) is 15.3 Å². The van der Waals surface area contributed by atoms with Crippen molar-refractivity contribution in [3.05, 3.63) is 35.5 Å². The third-order valence-corrected chi connectivity index (χ3v) is 8.29. The first kappa shape index (κ1) is 23.8. The SMILES string of the molecule is C=C1CC[C@H](O)C/C1=C/C=C1\CCCC2(C)C1CC[C@@H]2C(C)CC(O)CC(C)(C)O. The number of aliphatic hydroxyl groups excluding tert-OH is 2. The Morgan fingerprint density at radius 3 is 2.63 bits per heavy atom. The Balaban J connectivity index is 1.71. The predicted octanol–water partition coefficient (Wildman–Crippen LogP) is 5.70. The van der Waals surface area contributed by atoms with Crippen LogP contribution in [0.4, 0.5) is 0 Å². The Hall–Kier alpha value is -0.900. The number of allylic oxidation sites excluding steroid dienone is 4. The zero-order valence-electron chi connectivity index (χ0n) is 19.7. The average Bonchev–Trinajstić information content (AvgIpc) is 2.98. The van der Waals surface area contributed by atoms with Crippen molar-refractivity contribution >= 4 is 0 Å². The fourth-order valence-corrected chi connectivity index (χ4v) is 6.86. The van der Waals surface area contributed by atoms with Crippen LogP contribution in [0.1, 0.15) is 91.9 Å². The van der Waals surface area contributed by atoms with Crippen molar-refractivity contribution in [2.24, 2.45) is 23.2 Å². The molecule has 30 heavy (non-hydrogen) atoms. The summed E-state index contributed by atoms with van der Waals surface area (Å²) in [6.07, 6.45) is 13.8. The normalized spacial score (nSPS) is 37.4. The predicted molar refractivity (Wildman–Crippen MR) is 124 cm³/mol. The van der Waals surface area contributed by atoms with E-state index in [1.807, 2.05) is 0 Å². The van der Waals surface area contributed by atoms with Gasteiger partial charge in [-0.2, -0.15) is 0 Å². The molecule has 3 rings (SSSR count). The summed E-state index contributed by atoms with van der Waals surface area (Å²) >= 11 is 0.